The van der Waals surface area contributed by atoms with E-state index in [-0.39, 0.29) is 30.6 Å². The smallest absolute Gasteiger partial charge is 0.320 e. The van der Waals surface area contributed by atoms with Crippen molar-refractivity contribution in [3.05, 3.63) is 0 Å². The normalized spacial score (nSPS) is 29.4. The van der Waals surface area contributed by atoms with Crippen molar-refractivity contribution in [3.8, 4) is 0 Å². The first-order valence-corrected chi connectivity index (χ1v) is 7.87. The Bertz CT molecular complexity index is 388. The van der Waals surface area contributed by atoms with Crippen LogP contribution in [0.5, 0.6) is 0 Å². The first-order valence-electron chi connectivity index (χ1n) is 7.87. The Kier molecular flexibility index (Phi) is 5.45. The van der Waals surface area contributed by atoms with E-state index in [1.807, 2.05) is 18.9 Å². The average molecular weight is 298 g/mol. The van der Waals surface area contributed by atoms with Crippen LogP contribution in [0.15, 0.2) is 0 Å². The Morgan fingerprint density at radius 3 is 2.71 bits per heavy atom. The van der Waals surface area contributed by atoms with Crippen LogP contribution in [0.3, 0.4) is 0 Å². The van der Waals surface area contributed by atoms with Gasteiger partial charge in [-0.1, -0.05) is 0 Å². The molecule has 2 aliphatic heterocycles. The van der Waals surface area contributed by atoms with Crippen LogP contribution in [0.2, 0.25) is 0 Å². The Morgan fingerprint density at radius 1 is 1.33 bits per heavy atom. The third-order valence-electron chi connectivity index (χ3n) is 4.70. The summed E-state index contributed by atoms with van der Waals surface area (Å²) in [6.45, 7) is 3.43. The number of ether oxygens (including phenoxy) is 1. The molecule has 2 fully saturated rings. The van der Waals surface area contributed by atoms with E-state index in [0.717, 1.165) is 32.2 Å². The third kappa shape index (κ3) is 3.87. The summed E-state index contributed by atoms with van der Waals surface area (Å²) in [4.78, 5) is 27.2. The molecule has 0 aliphatic carbocycles. The number of aliphatic carboxylic acids is 1. The van der Waals surface area contributed by atoms with E-state index < -0.39 is 5.97 Å². The van der Waals surface area contributed by atoms with Crippen molar-refractivity contribution in [2.75, 3.05) is 20.2 Å². The molecular weight excluding hydrogens is 272 g/mol. The SMILES string of the molecule is CC1OCCC1N(C)C(=O)N1CCCCC1CCC(=O)O. The van der Waals surface area contributed by atoms with Crippen LogP contribution in [-0.4, -0.2) is 65.3 Å². The molecule has 6 heteroatoms. The van der Waals surface area contributed by atoms with Gasteiger partial charge in [-0.3, -0.25) is 4.79 Å². The maximum Gasteiger partial charge on any atom is 0.320 e. The lowest BCUT2D eigenvalue weighted by Gasteiger charge is -2.40. The van der Waals surface area contributed by atoms with Crippen LogP contribution in [0.4, 0.5) is 4.79 Å². The minimum Gasteiger partial charge on any atom is -0.481 e. The van der Waals surface area contributed by atoms with E-state index in [2.05, 4.69) is 0 Å². The number of likely N-dealkylation sites (N-methyl/N-ethyl adjacent to an activating group) is 1. The highest BCUT2D eigenvalue weighted by Crippen LogP contribution is 2.25. The van der Waals surface area contributed by atoms with Crippen LogP contribution in [-0.2, 0) is 9.53 Å². The molecule has 0 aromatic heterocycles. The topological polar surface area (TPSA) is 70.1 Å². The first kappa shape index (κ1) is 16.1. The van der Waals surface area contributed by atoms with Crippen LogP contribution in [0, 0.1) is 0 Å². The number of amides is 2. The number of likely N-dealkylation sites (tertiary alicyclic amines) is 1. The van der Waals surface area contributed by atoms with Gasteiger partial charge in [-0.15, -0.1) is 0 Å². The minimum absolute atomic E-state index is 0.0208. The summed E-state index contributed by atoms with van der Waals surface area (Å²) in [5, 5.41) is 8.86. The van der Waals surface area contributed by atoms with E-state index in [1.54, 1.807) is 4.90 Å². The van der Waals surface area contributed by atoms with Gasteiger partial charge in [0.2, 0.25) is 0 Å². The monoisotopic (exact) mass is 298 g/mol. The number of carbonyl (C=O) groups excluding carboxylic acids is 1. The summed E-state index contributed by atoms with van der Waals surface area (Å²) in [5.41, 5.74) is 0. The molecule has 3 atom stereocenters. The molecule has 2 rings (SSSR count). The molecule has 0 aromatic rings. The molecule has 0 saturated carbocycles. The molecule has 2 saturated heterocycles. The first-order chi connectivity index (χ1) is 10.0. The Labute approximate surface area is 126 Å². The molecule has 3 unspecified atom stereocenters. The van der Waals surface area contributed by atoms with Crippen LogP contribution >= 0.6 is 0 Å². The van der Waals surface area contributed by atoms with Gasteiger partial charge in [0, 0.05) is 32.7 Å². The minimum atomic E-state index is -0.792. The van der Waals surface area contributed by atoms with Gasteiger partial charge in [-0.2, -0.15) is 0 Å². The Morgan fingerprint density at radius 2 is 2.10 bits per heavy atom. The lowest BCUT2D eigenvalue weighted by molar-refractivity contribution is -0.137. The molecule has 2 heterocycles. The zero-order valence-corrected chi connectivity index (χ0v) is 13.0. The summed E-state index contributed by atoms with van der Waals surface area (Å²) in [7, 11) is 1.83. The second kappa shape index (κ2) is 7.11. The zero-order chi connectivity index (χ0) is 15.4. The second-order valence-corrected chi connectivity index (χ2v) is 6.10. The van der Waals surface area contributed by atoms with E-state index in [9.17, 15) is 9.59 Å². The maximum absolute atomic E-state index is 12.7. The highest BCUT2D eigenvalue weighted by molar-refractivity contribution is 5.75. The summed E-state index contributed by atoms with van der Waals surface area (Å²) < 4.78 is 5.54. The zero-order valence-electron chi connectivity index (χ0n) is 13.0. The number of nitrogens with zero attached hydrogens (tertiary/aromatic N) is 2. The molecule has 2 amide bonds. The van der Waals surface area contributed by atoms with Gasteiger partial charge in [-0.05, 0) is 39.0 Å². The van der Waals surface area contributed by atoms with Crippen molar-refractivity contribution < 1.29 is 19.4 Å². The van der Waals surface area contributed by atoms with E-state index >= 15 is 0 Å². The maximum atomic E-state index is 12.7. The van der Waals surface area contributed by atoms with Crippen LogP contribution in [0.1, 0.15) is 45.4 Å². The molecule has 0 bridgehead atoms. The summed E-state index contributed by atoms with van der Waals surface area (Å²) in [6, 6.07) is 0.203. The molecule has 0 radical (unpaired) electrons. The summed E-state index contributed by atoms with van der Waals surface area (Å²) in [6.07, 6.45) is 4.59. The fourth-order valence-electron chi connectivity index (χ4n) is 3.42. The molecular formula is C15H26N2O4. The Balaban J connectivity index is 1.98. The van der Waals surface area contributed by atoms with E-state index in [1.165, 1.54) is 0 Å². The van der Waals surface area contributed by atoms with Crippen molar-refractivity contribution in [1.82, 2.24) is 9.80 Å². The Hall–Kier alpha value is -1.30. The van der Waals surface area contributed by atoms with Crippen LogP contribution < -0.4 is 0 Å². The molecule has 0 aromatic carbocycles. The number of carboxylic acids is 1. The van der Waals surface area contributed by atoms with Crippen molar-refractivity contribution in [3.63, 3.8) is 0 Å². The predicted octanol–water partition coefficient (Wildman–Crippen LogP) is 1.93. The van der Waals surface area contributed by atoms with Crippen molar-refractivity contribution in [1.29, 1.82) is 0 Å². The van der Waals surface area contributed by atoms with E-state index in [4.69, 9.17) is 9.84 Å². The predicted molar refractivity (Wildman–Crippen MR) is 78.2 cm³/mol. The van der Waals surface area contributed by atoms with Crippen molar-refractivity contribution in [2.24, 2.45) is 0 Å². The number of carboxylic acid groups (broad SMARTS) is 1. The molecule has 6 nitrogen and oxygen atoms in total. The van der Waals surface area contributed by atoms with E-state index in [0.29, 0.717) is 13.0 Å². The molecule has 1 N–H and O–H groups in total. The lowest BCUT2D eigenvalue weighted by atomic mass is 9.98. The largest absolute Gasteiger partial charge is 0.481 e. The number of carbonyl (C=O) groups is 2. The van der Waals surface area contributed by atoms with Gasteiger partial charge >= 0.3 is 12.0 Å². The number of rotatable bonds is 4. The van der Waals surface area contributed by atoms with Crippen LogP contribution in [0.25, 0.3) is 0 Å². The summed E-state index contributed by atoms with van der Waals surface area (Å²) >= 11 is 0. The van der Waals surface area contributed by atoms with Gasteiger partial charge in [-0.25, -0.2) is 4.79 Å². The standard InChI is InChI=1S/C15H26N2O4/c1-11-13(8-10-21-11)16(2)15(20)17-9-4-3-5-12(17)6-7-14(18)19/h11-13H,3-10H2,1-2H3,(H,18,19). The quantitative estimate of drug-likeness (QED) is 0.861. The molecule has 2 aliphatic rings. The highest BCUT2D eigenvalue weighted by Gasteiger charge is 2.35. The fraction of sp³-hybridized carbons (Fsp3) is 0.867. The molecule has 21 heavy (non-hydrogen) atoms. The lowest BCUT2D eigenvalue weighted by Crippen LogP contribution is -2.53. The number of urea groups is 1. The number of piperidine rings is 1. The third-order valence-corrected chi connectivity index (χ3v) is 4.70. The summed E-state index contributed by atoms with van der Waals surface area (Å²) in [5.74, 6) is -0.792. The molecule has 0 spiro atoms. The fourth-order valence-corrected chi connectivity index (χ4v) is 3.42. The van der Waals surface area contributed by atoms with Gasteiger partial charge in [0.25, 0.3) is 0 Å². The van der Waals surface area contributed by atoms with Gasteiger partial charge < -0.3 is 19.6 Å². The van der Waals surface area contributed by atoms with Crippen molar-refractivity contribution >= 4 is 12.0 Å². The van der Waals surface area contributed by atoms with Gasteiger partial charge in [0.1, 0.15) is 0 Å². The second-order valence-electron chi connectivity index (χ2n) is 6.10. The average Bonchev–Trinajstić information content (AvgIpc) is 2.90. The van der Waals surface area contributed by atoms with Gasteiger partial charge in [0.05, 0.1) is 12.1 Å². The van der Waals surface area contributed by atoms with Gasteiger partial charge in [0.15, 0.2) is 0 Å². The number of hydrogen-bond donors (Lipinski definition) is 1. The number of hydrogen-bond acceptors (Lipinski definition) is 3. The highest BCUT2D eigenvalue weighted by atomic mass is 16.5. The molecule has 120 valence electrons. The van der Waals surface area contributed by atoms with Crippen molar-refractivity contribution in [2.45, 2.75) is 63.6 Å².